The highest BCUT2D eigenvalue weighted by atomic mass is 32.2. The molecule has 0 spiro atoms. The molecule has 3 aromatic rings. The fourth-order valence-corrected chi connectivity index (χ4v) is 3.73. The minimum absolute atomic E-state index is 0.124. The molecule has 1 atom stereocenters. The first-order chi connectivity index (χ1) is 13.2. The Balaban J connectivity index is 1.58. The monoisotopic (exact) mass is 375 g/mol. The van der Waals surface area contributed by atoms with Gasteiger partial charge in [-0.3, -0.25) is 14.8 Å². The van der Waals surface area contributed by atoms with Crippen molar-refractivity contribution in [1.29, 1.82) is 0 Å². The van der Waals surface area contributed by atoms with E-state index in [-0.39, 0.29) is 12.5 Å². The molecule has 0 aliphatic carbocycles. The number of carbonyl (C=O) groups is 1. The van der Waals surface area contributed by atoms with Crippen LogP contribution in [-0.2, 0) is 4.79 Å². The number of rotatable bonds is 4. The number of benzene rings is 2. The van der Waals surface area contributed by atoms with Crippen LogP contribution in [0.1, 0.15) is 17.2 Å². The molecule has 2 heterocycles. The molecule has 4 rings (SSSR count). The second-order valence-corrected chi connectivity index (χ2v) is 7.09. The number of amides is 1. The van der Waals surface area contributed by atoms with Crippen molar-refractivity contribution in [3.8, 4) is 0 Å². The number of pyridine rings is 1. The standard InChI is InChI=1S/C21H17N3O2S/c25-13-18(15-5-2-1-3-6-15)23-21-24-20(26)19(27-21)12-14-8-9-17-16(11-14)7-4-10-22-17/h1-12,18,25H,13H2,(H,23,24,26)/t18-/m1/s1. The van der Waals surface area contributed by atoms with Gasteiger partial charge in [0.1, 0.15) is 6.04 Å². The summed E-state index contributed by atoms with van der Waals surface area (Å²) in [5.74, 6) is -0.185. The van der Waals surface area contributed by atoms with E-state index in [1.165, 1.54) is 11.8 Å². The van der Waals surface area contributed by atoms with Gasteiger partial charge < -0.3 is 10.4 Å². The van der Waals surface area contributed by atoms with Gasteiger partial charge in [0, 0.05) is 11.6 Å². The Hall–Kier alpha value is -2.96. The molecule has 2 N–H and O–H groups in total. The molecule has 134 valence electrons. The van der Waals surface area contributed by atoms with Gasteiger partial charge in [0.15, 0.2) is 5.17 Å². The van der Waals surface area contributed by atoms with Crippen LogP contribution in [0.5, 0.6) is 0 Å². The molecule has 0 saturated carbocycles. The summed E-state index contributed by atoms with van der Waals surface area (Å²) in [6.45, 7) is -0.124. The highest BCUT2D eigenvalue weighted by Gasteiger charge is 2.25. The molecule has 1 saturated heterocycles. The zero-order chi connectivity index (χ0) is 18.6. The van der Waals surface area contributed by atoms with Crippen molar-refractivity contribution < 1.29 is 9.90 Å². The zero-order valence-electron chi connectivity index (χ0n) is 14.4. The lowest BCUT2D eigenvalue weighted by atomic mass is 10.1. The smallest absolute Gasteiger partial charge is 0.264 e. The number of carbonyl (C=O) groups excluding carboxylic acids is 1. The number of hydrogen-bond acceptors (Lipinski definition) is 5. The Morgan fingerprint density at radius 2 is 2.00 bits per heavy atom. The summed E-state index contributed by atoms with van der Waals surface area (Å²) < 4.78 is 0. The summed E-state index contributed by atoms with van der Waals surface area (Å²) in [5, 5.41) is 14.0. The molecule has 1 amide bonds. The number of aliphatic imine (C=N–C) groups is 1. The Labute approximate surface area is 160 Å². The predicted octanol–water partition coefficient (Wildman–Crippen LogP) is 3.53. The highest BCUT2D eigenvalue weighted by molar-refractivity contribution is 8.18. The quantitative estimate of drug-likeness (QED) is 0.684. The van der Waals surface area contributed by atoms with Gasteiger partial charge in [-0.25, -0.2) is 0 Å². The van der Waals surface area contributed by atoms with E-state index in [0.717, 1.165) is 22.0 Å². The van der Waals surface area contributed by atoms with Crippen molar-refractivity contribution in [2.24, 2.45) is 4.99 Å². The van der Waals surface area contributed by atoms with Crippen molar-refractivity contribution in [2.75, 3.05) is 6.61 Å². The molecular formula is C21H17N3O2S. The number of nitrogens with zero attached hydrogens (tertiary/aromatic N) is 2. The first-order valence-electron chi connectivity index (χ1n) is 8.52. The fraction of sp³-hybridized carbons (Fsp3) is 0.0952. The lowest BCUT2D eigenvalue weighted by Crippen LogP contribution is -2.21. The molecule has 0 bridgehead atoms. The largest absolute Gasteiger partial charge is 0.394 e. The van der Waals surface area contributed by atoms with Crippen molar-refractivity contribution in [1.82, 2.24) is 10.3 Å². The normalized spacial score (nSPS) is 18.2. The minimum Gasteiger partial charge on any atom is -0.394 e. The zero-order valence-corrected chi connectivity index (χ0v) is 15.2. The third kappa shape index (κ3) is 3.92. The van der Waals surface area contributed by atoms with Gasteiger partial charge in [-0.2, -0.15) is 0 Å². The second-order valence-electron chi connectivity index (χ2n) is 6.06. The topological polar surface area (TPSA) is 74.6 Å². The van der Waals surface area contributed by atoms with Gasteiger partial charge >= 0.3 is 0 Å². The van der Waals surface area contributed by atoms with Crippen LogP contribution in [0, 0.1) is 0 Å². The number of hydrogen-bond donors (Lipinski definition) is 2. The lowest BCUT2D eigenvalue weighted by Gasteiger charge is -2.10. The van der Waals surface area contributed by atoms with Crippen LogP contribution in [-0.4, -0.2) is 27.8 Å². The third-order valence-electron chi connectivity index (χ3n) is 4.21. The molecule has 1 aliphatic heterocycles. The van der Waals surface area contributed by atoms with Gasteiger partial charge in [0.05, 0.1) is 17.0 Å². The van der Waals surface area contributed by atoms with E-state index < -0.39 is 6.04 Å². The van der Waals surface area contributed by atoms with Crippen LogP contribution in [0.4, 0.5) is 0 Å². The average molecular weight is 375 g/mol. The van der Waals surface area contributed by atoms with Gasteiger partial charge in [0.25, 0.3) is 5.91 Å². The molecule has 5 nitrogen and oxygen atoms in total. The number of nitrogens with one attached hydrogen (secondary N) is 1. The number of thioether (sulfide) groups is 1. The first kappa shape index (κ1) is 17.5. The van der Waals surface area contributed by atoms with E-state index in [4.69, 9.17) is 0 Å². The number of aliphatic hydroxyl groups excluding tert-OH is 1. The van der Waals surface area contributed by atoms with Crippen LogP contribution in [0.15, 0.2) is 76.8 Å². The summed E-state index contributed by atoms with van der Waals surface area (Å²) >= 11 is 1.28. The van der Waals surface area contributed by atoms with E-state index in [1.807, 2.05) is 66.7 Å². The van der Waals surface area contributed by atoms with Crippen LogP contribution in [0.3, 0.4) is 0 Å². The van der Waals surface area contributed by atoms with E-state index in [0.29, 0.717) is 10.1 Å². The Morgan fingerprint density at radius 1 is 1.15 bits per heavy atom. The summed E-state index contributed by atoms with van der Waals surface area (Å²) in [5.41, 5.74) is 2.75. The predicted molar refractivity (Wildman–Crippen MR) is 109 cm³/mol. The molecule has 0 unspecified atom stereocenters. The van der Waals surface area contributed by atoms with E-state index in [1.54, 1.807) is 6.20 Å². The van der Waals surface area contributed by atoms with Crippen LogP contribution in [0.25, 0.3) is 17.0 Å². The maximum Gasteiger partial charge on any atom is 0.264 e. The molecule has 1 aromatic heterocycles. The molecular weight excluding hydrogens is 358 g/mol. The van der Waals surface area contributed by atoms with Crippen molar-refractivity contribution >= 4 is 39.8 Å². The number of aliphatic hydroxyl groups is 1. The van der Waals surface area contributed by atoms with Crippen LogP contribution < -0.4 is 5.32 Å². The first-order valence-corrected chi connectivity index (χ1v) is 9.34. The Kier molecular flexibility index (Phi) is 5.00. The van der Waals surface area contributed by atoms with Gasteiger partial charge in [-0.1, -0.05) is 42.5 Å². The summed E-state index contributed by atoms with van der Waals surface area (Å²) in [6, 6.07) is 18.9. The Morgan fingerprint density at radius 3 is 2.81 bits per heavy atom. The average Bonchev–Trinajstić information content (AvgIpc) is 3.05. The number of aromatic nitrogens is 1. The van der Waals surface area contributed by atoms with Crippen molar-refractivity contribution in [3.05, 3.63) is 82.9 Å². The van der Waals surface area contributed by atoms with Gasteiger partial charge in [-0.15, -0.1) is 0 Å². The maximum atomic E-state index is 12.3. The number of fused-ring (bicyclic) bond motifs is 1. The summed E-state index contributed by atoms with van der Waals surface area (Å²) in [4.78, 5) is 21.7. The van der Waals surface area contributed by atoms with Gasteiger partial charge in [0.2, 0.25) is 0 Å². The lowest BCUT2D eigenvalue weighted by molar-refractivity contribution is -0.115. The molecule has 27 heavy (non-hydrogen) atoms. The molecule has 1 fully saturated rings. The number of amidine groups is 1. The van der Waals surface area contributed by atoms with Crippen molar-refractivity contribution in [3.63, 3.8) is 0 Å². The molecule has 0 radical (unpaired) electrons. The molecule has 6 heteroatoms. The third-order valence-corrected chi connectivity index (χ3v) is 5.13. The molecule has 1 aliphatic rings. The SMILES string of the molecule is O=C1NC(=N[C@H](CO)c2ccccc2)SC1=Cc1ccc2ncccc2c1. The van der Waals surface area contributed by atoms with E-state index >= 15 is 0 Å². The minimum atomic E-state index is -0.403. The maximum absolute atomic E-state index is 12.3. The molecule has 2 aromatic carbocycles. The highest BCUT2D eigenvalue weighted by Crippen LogP contribution is 2.29. The summed E-state index contributed by atoms with van der Waals surface area (Å²) in [7, 11) is 0. The van der Waals surface area contributed by atoms with Gasteiger partial charge in [-0.05, 0) is 47.2 Å². The fourth-order valence-electron chi connectivity index (χ4n) is 2.86. The van der Waals surface area contributed by atoms with Crippen LogP contribution in [0.2, 0.25) is 0 Å². The van der Waals surface area contributed by atoms with Crippen molar-refractivity contribution in [2.45, 2.75) is 6.04 Å². The second kappa shape index (κ2) is 7.73. The Bertz CT molecular complexity index is 1050. The van der Waals surface area contributed by atoms with E-state index in [2.05, 4.69) is 15.3 Å². The summed E-state index contributed by atoms with van der Waals surface area (Å²) in [6.07, 6.45) is 3.60. The van der Waals surface area contributed by atoms with E-state index in [9.17, 15) is 9.90 Å². The van der Waals surface area contributed by atoms with Crippen LogP contribution >= 0.6 is 11.8 Å².